The maximum Gasteiger partial charge on any atom is 0.161 e. The van der Waals surface area contributed by atoms with Crippen molar-refractivity contribution in [1.82, 2.24) is 0 Å². The van der Waals surface area contributed by atoms with Crippen molar-refractivity contribution in [3.05, 3.63) is 126 Å². The van der Waals surface area contributed by atoms with Crippen LogP contribution in [0.1, 0.15) is 18.1 Å². The first-order chi connectivity index (χ1) is 17.8. The van der Waals surface area contributed by atoms with Crippen LogP contribution < -0.4 is 19.5 Å². The molecule has 1 N–H and O–H groups in total. The largest absolute Gasteiger partial charge is 0.490 e. The van der Waals surface area contributed by atoms with Gasteiger partial charge in [-0.3, -0.25) is 0 Å². The van der Waals surface area contributed by atoms with Crippen molar-refractivity contribution in [2.45, 2.75) is 20.1 Å². The smallest absolute Gasteiger partial charge is 0.161 e. The molecule has 0 aromatic heterocycles. The van der Waals surface area contributed by atoms with E-state index in [2.05, 4.69) is 53.8 Å². The molecule has 0 spiro atoms. The summed E-state index contributed by atoms with van der Waals surface area (Å²) in [6.07, 6.45) is 0. The van der Waals surface area contributed by atoms with Crippen LogP contribution >= 0.6 is 0 Å². The Labute approximate surface area is 212 Å². The van der Waals surface area contributed by atoms with Crippen molar-refractivity contribution >= 4 is 16.5 Å². The fraction of sp³-hybridized carbons (Fsp3) is 0.125. The molecule has 180 valence electrons. The third-order valence-electron chi connectivity index (χ3n) is 5.90. The van der Waals surface area contributed by atoms with E-state index in [-0.39, 0.29) is 0 Å². The summed E-state index contributed by atoms with van der Waals surface area (Å²) in [5.41, 5.74) is 3.28. The number of hydrogen-bond donors (Lipinski definition) is 1. The molecular formula is C32H29NO3. The second-order valence-corrected chi connectivity index (χ2v) is 8.43. The maximum absolute atomic E-state index is 6.20. The zero-order valence-corrected chi connectivity index (χ0v) is 20.3. The molecule has 0 aliphatic carbocycles. The van der Waals surface area contributed by atoms with Gasteiger partial charge in [-0.15, -0.1) is 0 Å². The lowest BCUT2D eigenvalue weighted by molar-refractivity contribution is 0.270. The minimum absolute atomic E-state index is 0.483. The first-order valence-electron chi connectivity index (χ1n) is 12.2. The summed E-state index contributed by atoms with van der Waals surface area (Å²) in [7, 11) is 0. The number of benzene rings is 5. The van der Waals surface area contributed by atoms with Crippen LogP contribution in [-0.4, -0.2) is 6.61 Å². The quantitative estimate of drug-likeness (QED) is 0.221. The lowest BCUT2D eigenvalue weighted by Gasteiger charge is -2.15. The molecule has 0 fully saturated rings. The van der Waals surface area contributed by atoms with Crippen LogP contribution in [-0.2, 0) is 13.2 Å². The van der Waals surface area contributed by atoms with Gasteiger partial charge in [-0.1, -0.05) is 66.7 Å². The van der Waals surface area contributed by atoms with Gasteiger partial charge in [-0.05, 0) is 77.4 Å². The standard InChI is InChI=1S/C32H29NO3/c1-2-34-32-21-24(22-33-27-16-18-29(19-17-27)36-28-12-4-3-5-13-28)15-20-31(32)35-23-26-11-8-10-25-9-6-7-14-30(25)26/h3-21,33H,2,22-23H2,1H3. The number of rotatable bonds is 10. The minimum Gasteiger partial charge on any atom is -0.490 e. The molecular weight excluding hydrogens is 446 g/mol. The summed E-state index contributed by atoms with van der Waals surface area (Å²) in [4.78, 5) is 0. The summed E-state index contributed by atoms with van der Waals surface area (Å²) >= 11 is 0. The van der Waals surface area contributed by atoms with E-state index in [0.29, 0.717) is 19.8 Å². The first-order valence-corrected chi connectivity index (χ1v) is 12.2. The van der Waals surface area contributed by atoms with Crippen molar-refractivity contribution < 1.29 is 14.2 Å². The molecule has 5 rings (SSSR count). The van der Waals surface area contributed by atoms with E-state index in [1.807, 2.05) is 73.7 Å². The van der Waals surface area contributed by atoms with Gasteiger partial charge >= 0.3 is 0 Å². The second kappa shape index (κ2) is 11.3. The highest BCUT2D eigenvalue weighted by Gasteiger charge is 2.09. The molecule has 5 aromatic carbocycles. The predicted octanol–water partition coefficient (Wildman–Crippen LogP) is 8.22. The molecule has 0 heterocycles. The molecule has 0 bridgehead atoms. The highest BCUT2D eigenvalue weighted by molar-refractivity contribution is 5.85. The van der Waals surface area contributed by atoms with E-state index in [4.69, 9.17) is 14.2 Å². The maximum atomic E-state index is 6.20. The summed E-state index contributed by atoms with van der Waals surface area (Å²) in [5.74, 6) is 3.13. The van der Waals surface area contributed by atoms with Gasteiger partial charge in [0.25, 0.3) is 0 Å². The van der Waals surface area contributed by atoms with Crippen LogP contribution in [0.15, 0.2) is 115 Å². The van der Waals surface area contributed by atoms with Gasteiger partial charge in [0.1, 0.15) is 18.1 Å². The lowest BCUT2D eigenvalue weighted by atomic mass is 10.1. The van der Waals surface area contributed by atoms with Crippen molar-refractivity contribution in [1.29, 1.82) is 0 Å². The van der Waals surface area contributed by atoms with Crippen LogP contribution in [0.2, 0.25) is 0 Å². The zero-order chi connectivity index (χ0) is 24.6. The first kappa shape index (κ1) is 23.3. The van der Waals surface area contributed by atoms with Gasteiger partial charge < -0.3 is 19.5 Å². The van der Waals surface area contributed by atoms with Crippen LogP contribution in [0.3, 0.4) is 0 Å². The molecule has 0 aliphatic heterocycles. The molecule has 5 aromatic rings. The van der Waals surface area contributed by atoms with E-state index in [1.54, 1.807) is 0 Å². The Balaban J connectivity index is 1.22. The fourth-order valence-corrected chi connectivity index (χ4v) is 4.09. The Morgan fingerprint density at radius 2 is 1.39 bits per heavy atom. The Morgan fingerprint density at radius 1 is 0.639 bits per heavy atom. The van der Waals surface area contributed by atoms with Gasteiger partial charge in [-0.25, -0.2) is 0 Å². The van der Waals surface area contributed by atoms with E-state index in [1.165, 1.54) is 10.8 Å². The summed E-state index contributed by atoms with van der Waals surface area (Å²) < 4.78 is 18.0. The summed E-state index contributed by atoms with van der Waals surface area (Å²) in [5, 5.41) is 5.89. The average molecular weight is 476 g/mol. The van der Waals surface area contributed by atoms with E-state index in [9.17, 15) is 0 Å². The summed E-state index contributed by atoms with van der Waals surface area (Å²) in [6, 6.07) is 38.5. The van der Waals surface area contributed by atoms with Crippen molar-refractivity contribution in [2.75, 3.05) is 11.9 Å². The van der Waals surface area contributed by atoms with Crippen LogP contribution in [0.25, 0.3) is 10.8 Å². The highest BCUT2D eigenvalue weighted by Crippen LogP contribution is 2.31. The average Bonchev–Trinajstić information content (AvgIpc) is 2.93. The lowest BCUT2D eigenvalue weighted by Crippen LogP contribution is -2.03. The Morgan fingerprint density at radius 3 is 2.22 bits per heavy atom. The van der Waals surface area contributed by atoms with Crippen LogP contribution in [0.4, 0.5) is 5.69 Å². The molecule has 4 nitrogen and oxygen atoms in total. The normalized spacial score (nSPS) is 10.7. The Bertz CT molecular complexity index is 1410. The second-order valence-electron chi connectivity index (χ2n) is 8.43. The third kappa shape index (κ3) is 5.78. The number of fused-ring (bicyclic) bond motifs is 1. The molecule has 0 atom stereocenters. The van der Waals surface area contributed by atoms with Crippen molar-refractivity contribution in [3.8, 4) is 23.0 Å². The number of hydrogen-bond acceptors (Lipinski definition) is 4. The number of nitrogens with one attached hydrogen (secondary N) is 1. The Hall–Kier alpha value is -4.44. The number of para-hydroxylation sites is 1. The van der Waals surface area contributed by atoms with Crippen molar-refractivity contribution in [3.63, 3.8) is 0 Å². The van der Waals surface area contributed by atoms with Gasteiger partial charge in [0, 0.05) is 12.2 Å². The number of anilines is 1. The summed E-state index contributed by atoms with van der Waals surface area (Å²) in [6.45, 7) is 3.71. The van der Waals surface area contributed by atoms with Gasteiger partial charge in [0.15, 0.2) is 11.5 Å². The molecule has 0 saturated carbocycles. The third-order valence-corrected chi connectivity index (χ3v) is 5.90. The SMILES string of the molecule is CCOc1cc(CNc2ccc(Oc3ccccc3)cc2)ccc1OCc1cccc2ccccc12. The zero-order valence-electron chi connectivity index (χ0n) is 20.3. The van der Waals surface area contributed by atoms with Gasteiger partial charge in [-0.2, -0.15) is 0 Å². The van der Waals surface area contributed by atoms with Crippen molar-refractivity contribution in [2.24, 2.45) is 0 Å². The molecule has 0 unspecified atom stereocenters. The highest BCUT2D eigenvalue weighted by atomic mass is 16.5. The molecule has 36 heavy (non-hydrogen) atoms. The molecule has 0 amide bonds. The molecule has 0 aliphatic rings. The van der Waals surface area contributed by atoms with E-state index in [0.717, 1.165) is 39.8 Å². The molecule has 0 radical (unpaired) electrons. The van der Waals surface area contributed by atoms with Crippen LogP contribution in [0.5, 0.6) is 23.0 Å². The number of ether oxygens (including phenoxy) is 3. The fourth-order valence-electron chi connectivity index (χ4n) is 4.09. The van der Waals surface area contributed by atoms with E-state index < -0.39 is 0 Å². The minimum atomic E-state index is 0.483. The van der Waals surface area contributed by atoms with Gasteiger partial charge in [0.05, 0.1) is 6.61 Å². The van der Waals surface area contributed by atoms with Gasteiger partial charge in [0.2, 0.25) is 0 Å². The molecule has 0 saturated heterocycles. The predicted molar refractivity (Wildman–Crippen MR) is 146 cm³/mol. The van der Waals surface area contributed by atoms with Crippen LogP contribution in [0, 0.1) is 0 Å². The molecule has 4 heteroatoms. The topological polar surface area (TPSA) is 39.7 Å². The Kier molecular flexibility index (Phi) is 7.33. The monoisotopic (exact) mass is 475 g/mol. The van der Waals surface area contributed by atoms with E-state index >= 15 is 0 Å².